The Balaban J connectivity index is 1.62. The van der Waals surface area contributed by atoms with Crippen LogP contribution in [-0.4, -0.2) is 23.3 Å². The molecular weight excluding hydrogens is 331 g/mol. The molecule has 0 saturated carbocycles. The molecule has 0 radical (unpaired) electrons. The molecule has 0 aliphatic carbocycles. The van der Waals surface area contributed by atoms with Gasteiger partial charge < -0.3 is 10.2 Å². The van der Waals surface area contributed by atoms with Gasteiger partial charge in [0.2, 0.25) is 11.8 Å². The molecular formula is C18H16ClFN2O2. The standard InChI is InChI=1S/C18H16ClFN2O2/c19-16-4-2-1-3-12(16)10-22-11-13(9-17(22)23)18(24)21-15-7-5-14(20)6-8-15/h1-8,13H,9-11H2,(H,21,24)/t13-/m0/s1. The Hall–Kier alpha value is -2.40. The second kappa shape index (κ2) is 7.01. The summed E-state index contributed by atoms with van der Waals surface area (Å²) in [5, 5.41) is 3.32. The first kappa shape index (κ1) is 16.5. The van der Waals surface area contributed by atoms with E-state index >= 15 is 0 Å². The van der Waals surface area contributed by atoms with Crippen LogP contribution >= 0.6 is 11.6 Å². The number of nitrogens with one attached hydrogen (secondary N) is 1. The van der Waals surface area contributed by atoms with Crippen molar-refractivity contribution < 1.29 is 14.0 Å². The number of likely N-dealkylation sites (tertiary alicyclic amines) is 1. The van der Waals surface area contributed by atoms with Gasteiger partial charge in [0.15, 0.2) is 0 Å². The van der Waals surface area contributed by atoms with E-state index in [2.05, 4.69) is 5.32 Å². The lowest BCUT2D eigenvalue weighted by Gasteiger charge is -2.17. The van der Waals surface area contributed by atoms with Gasteiger partial charge in [-0.15, -0.1) is 0 Å². The third-order valence-corrected chi connectivity index (χ3v) is 4.38. The summed E-state index contributed by atoms with van der Waals surface area (Å²) in [4.78, 5) is 26.1. The van der Waals surface area contributed by atoms with Crippen LogP contribution in [0.1, 0.15) is 12.0 Å². The van der Waals surface area contributed by atoms with Crippen LogP contribution in [0.4, 0.5) is 10.1 Å². The number of carbonyl (C=O) groups is 2. The summed E-state index contributed by atoms with van der Waals surface area (Å²) in [6, 6.07) is 12.9. The number of rotatable bonds is 4. The van der Waals surface area contributed by atoms with Gasteiger partial charge in [0.25, 0.3) is 0 Å². The average molecular weight is 347 g/mol. The van der Waals surface area contributed by atoms with E-state index in [1.807, 2.05) is 18.2 Å². The zero-order chi connectivity index (χ0) is 17.1. The van der Waals surface area contributed by atoms with Crippen molar-refractivity contribution in [1.82, 2.24) is 4.90 Å². The van der Waals surface area contributed by atoms with E-state index in [0.717, 1.165) is 5.56 Å². The molecule has 2 amide bonds. The van der Waals surface area contributed by atoms with Crippen LogP contribution in [0.2, 0.25) is 5.02 Å². The highest BCUT2D eigenvalue weighted by Gasteiger charge is 2.34. The molecule has 1 aliphatic heterocycles. The van der Waals surface area contributed by atoms with E-state index in [4.69, 9.17) is 11.6 Å². The molecule has 3 rings (SSSR count). The van der Waals surface area contributed by atoms with E-state index < -0.39 is 5.92 Å². The van der Waals surface area contributed by atoms with E-state index in [1.165, 1.54) is 24.3 Å². The Bertz CT molecular complexity index is 764. The van der Waals surface area contributed by atoms with Crippen molar-refractivity contribution in [2.75, 3.05) is 11.9 Å². The lowest BCUT2D eigenvalue weighted by molar-refractivity contribution is -0.128. The summed E-state index contributed by atoms with van der Waals surface area (Å²) in [6.45, 7) is 0.732. The molecule has 24 heavy (non-hydrogen) atoms. The predicted octanol–water partition coefficient (Wildman–Crippen LogP) is 3.47. The minimum absolute atomic E-state index is 0.0748. The number of hydrogen-bond donors (Lipinski definition) is 1. The van der Waals surface area contributed by atoms with Crippen LogP contribution in [0.5, 0.6) is 0 Å². The van der Waals surface area contributed by atoms with Crippen LogP contribution in [0.25, 0.3) is 0 Å². The van der Waals surface area contributed by atoms with Gasteiger partial charge in [-0.25, -0.2) is 4.39 Å². The molecule has 1 saturated heterocycles. The Morgan fingerprint density at radius 3 is 2.62 bits per heavy atom. The van der Waals surface area contributed by atoms with Crippen LogP contribution in [0, 0.1) is 11.7 Å². The maximum Gasteiger partial charge on any atom is 0.229 e. The molecule has 0 aromatic heterocycles. The normalized spacial score (nSPS) is 17.2. The predicted molar refractivity (Wildman–Crippen MR) is 90.0 cm³/mol. The molecule has 0 unspecified atom stereocenters. The van der Waals surface area contributed by atoms with E-state index in [9.17, 15) is 14.0 Å². The van der Waals surface area contributed by atoms with Crippen LogP contribution in [0.15, 0.2) is 48.5 Å². The minimum Gasteiger partial charge on any atom is -0.337 e. The van der Waals surface area contributed by atoms with Gasteiger partial charge in [-0.05, 0) is 35.9 Å². The van der Waals surface area contributed by atoms with E-state index in [0.29, 0.717) is 23.8 Å². The van der Waals surface area contributed by atoms with Crippen molar-refractivity contribution in [3.63, 3.8) is 0 Å². The Morgan fingerprint density at radius 1 is 1.21 bits per heavy atom. The lowest BCUT2D eigenvalue weighted by atomic mass is 10.1. The summed E-state index contributed by atoms with van der Waals surface area (Å²) in [5.41, 5.74) is 1.37. The zero-order valence-electron chi connectivity index (χ0n) is 12.8. The first-order valence-corrected chi connectivity index (χ1v) is 7.98. The summed E-state index contributed by atoms with van der Waals surface area (Å²) >= 11 is 6.12. The van der Waals surface area contributed by atoms with Crippen LogP contribution in [0.3, 0.4) is 0 Å². The van der Waals surface area contributed by atoms with Crippen molar-refractivity contribution in [3.8, 4) is 0 Å². The lowest BCUT2D eigenvalue weighted by Crippen LogP contribution is -2.28. The molecule has 1 aliphatic rings. The maximum atomic E-state index is 12.9. The van der Waals surface area contributed by atoms with Crippen molar-refractivity contribution in [2.24, 2.45) is 5.92 Å². The summed E-state index contributed by atoms with van der Waals surface area (Å²) in [6.07, 6.45) is 0.164. The van der Waals surface area contributed by atoms with Gasteiger partial charge in [-0.3, -0.25) is 9.59 Å². The number of amides is 2. The molecule has 1 heterocycles. The average Bonchev–Trinajstić information content (AvgIpc) is 2.93. The fourth-order valence-corrected chi connectivity index (χ4v) is 2.91. The zero-order valence-corrected chi connectivity index (χ0v) is 13.6. The molecule has 1 N–H and O–H groups in total. The smallest absolute Gasteiger partial charge is 0.229 e. The number of anilines is 1. The SMILES string of the molecule is O=C(Nc1ccc(F)cc1)[C@H]1CC(=O)N(Cc2ccccc2Cl)C1. The topological polar surface area (TPSA) is 49.4 Å². The maximum absolute atomic E-state index is 12.9. The molecule has 0 bridgehead atoms. The molecule has 2 aromatic carbocycles. The monoisotopic (exact) mass is 346 g/mol. The van der Waals surface area contributed by atoms with Gasteiger partial charge >= 0.3 is 0 Å². The third-order valence-electron chi connectivity index (χ3n) is 4.02. The molecule has 4 nitrogen and oxygen atoms in total. The highest BCUT2D eigenvalue weighted by Crippen LogP contribution is 2.24. The quantitative estimate of drug-likeness (QED) is 0.921. The Kier molecular flexibility index (Phi) is 4.81. The van der Waals surface area contributed by atoms with Gasteiger partial charge in [-0.1, -0.05) is 29.8 Å². The van der Waals surface area contributed by atoms with Crippen LogP contribution < -0.4 is 5.32 Å². The first-order chi connectivity index (χ1) is 11.5. The third kappa shape index (κ3) is 3.74. The van der Waals surface area contributed by atoms with Crippen molar-refractivity contribution >= 4 is 29.1 Å². The summed E-state index contributed by atoms with van der Waals surface area (Å²) < 4.78 is 12.9. The Morgan fingerprint density at radius 2 is 1.92 bits per heavy atom. The number of benzene rings is 2. The molecule has 1 atom stereocenters. The minimum atomic E-state index is -0.426. The number of halogens is 2. The highest BCUT2D eigenvalue weighted by atomic mass is 35.5. The highest BCUT2D eigenvalue weighted by molar-refractivity contribution is 6.31. The Labute approximate surface area is 144 Å². The largest absolute Gasteiger partial charge is 0.337 e. The van der Waals surface area contributed by atoms with Gasteiger partial charge in [0.05, 0.1) is 5.92 Å². The first-order valence-electron chi connectivity index (χ1n) is 7.60. The second-order valence-corrected chi connectivity index (χ2v) is 6.17. The molecule has 6 heteroatoms. The molecule has 124 valence electrons. The molecule has 2 aromatic rings. The fourth-order valence-electron chi connectivity index (χ4n) is 2.71. The summed E-state index contributed by atoms with van der Waals surface area (Å²) in [7, 11) is 0. The van der Waals surface area contributed by atoms with E-state index in [1.54, 1.807) is 11.0 Å². The number of hydrogen-bond acceptors (Lipinski definition) is 2. The van der Waals surface area contributed by atoms with Gasteiger partial charge in [0.1, 0.15) is 5.82 Å². The van der Waals surface area contributed by atoms with Gasteiger partial charge in [0, 0.05) is 30.2 Å². The van der Waals surface area contributed by atoms with Gasteiger partial charge in [-0.2, -0.15) is 0 Å². The van der Waals surface area contributed by atoms with Crippen LogP contribution in [-0.2, 0) is 16.1 Å². The fraction of sp³-hybridized carbons (Fsp3) is 0.222. The molecule has 1 fully saturated rings. The number of nitrogens with zero attached hydrogens (tertiary/aromatic N) is 1. The van der Waals surface area contributed by atoms with Crippen molar-refractivity contribution in [1.29, 1.82) is 0 Å². The van der Waals surface area contributed by atoms with Crippen molar-refractivity contribution in [2.45, 2.75) is 13.0 Å². The van der Waals surface area contributed by atoms with Crippen molar-refractivity contribution in [3.05, 3.63) is 64.9 Å². The number of carbonyl (C=O) groups excluding carboxylic acids is 2. The van der Waals surface area contributed by atoms with E-state index in [-0.39, 0.29) is 24.1 Å². The molecule has 0 spiro atoms. The summed E-state index contributed by atoms with van der Waals surface area (Å²) in [5.74, 6) is -1.11. The second-order valence-electron chi connectivity index (χ2n) is 5.76.